The number of allylic oxidation sites excluding steroid dienone is 1. The van der Waals surface area contributed by atoms with Gasteiger partial charge in [0.1, 0.15) is 30.4 Å². The highest BCUT2D eigenvalue weighted by molar-refractivity contribution is 6.74. The van der Waals surface area contributed by atoms with E-state index < -0.39 is 66.0 Å². The lowest BCUT2D eigenvalue weighted by Gasteiger charge is -2.55. The monoisotopic (exact) mass is 904 g/mol. The molecule has 0 saturated carbocycles. The predicted octanol–water partition coefficient (Wildman–Crippen LogP) is 9.57. The summed E-state index contributed by atoms with van der Waals surface area (Å²) in [5.74, 6) is -3.98. The highest BCUT2D eigenvalue weighted by atomic mass is 28.4. The Bertz CT molecular complexity index is 2540. The smallest absolute Gasteiger partial charge is 0.265 e. The molecular weight excluding hydrogens is 844 g/mol. The Kier molecular flexibility index (Phi) is 12.6. The summed E-state index contributed by atoms with van der Waals surface area (Å²) >= 11 is 0. The lowest BCUT2D eigenvalue weighted by Crippen LogP contribution is -2.65. The molecule has 2 heterocycles. The van der Waals surface area contributed by atoms with Crippen molar-refractivity contribution in [1.29, 1.82) is 0 Å². The Labute approximate surface area is 381 Å². The van der Waals surface area contributed by atoms with Crippen LogP contribution in [0, 0.1) is 17.7 Å². The number of hydrogen-bond donors (Lipinski definition) is 2. The molecule has 1 aromatic heterocycles. The number of anilines is 1. The Morgan fingerprint density at radius 3 is 2.23 bits per heavy atom. The van der Waals surface area contributed by atoms with Crippen molar-refractivity contribution in [2.75, 3.05) is 32.0 Å². The van der Waals surface area contributed by atoms with E-state index in [4.69, 9.17) is 18.4 Å². The van der Waals surface area contributed by atoms with E-state index in [1.165, 1.54) is 0 Å². The number of benzene rings is 3. The second kappa shape index (κ2) is 17.8. The highest BCUT2D eigenvalue weighted by Gasteiger charge is 2.67. The fraction of sp³-hybridized carbons (Fsp3) is 0.451. The van der Waals surface area contributed by atoms with Gasteiger partial charge in [0, 0.05) is 35.6 Å². The van der Waals surface area contributed by atoms with E-state index in [0.29, 0.717) is 19.6 Å². The molecule has 65 heavy (non-hydrogen) atoms. The van der Waals surface area contributed by atoms with Gasteiger partial charge in [-0.05, 0) is 79.7 Å². The predicted molar refractivity (Wildman–Crippen MR) is 248 cm³/mol. The van der Waals surface area contributed by atoms with Crippen LogP contribution in [-0.2, 0) is 35.3 Å². The molecule has 0 radical (unpaired) electrons. The van der Waals surface area contributed by atoms with Gasteiger partial charge in [-0.2, -0.15) is 0 Å². The van der Waals surface area contributed by atoms with Crippen LogP contribution in [0.1, 0.15) is 102 Å². The minimum Gasteiger partial charge on any atom is -0.508 e. The molecule has 4 aromatic rings. The average molecular weight is 905 g/mol. The molecule has 4 aliphatic rings. The number of carbonyl (C=O) groups excluding carboxylic acids is 3. The van der Waals surface area contributed by atoms with E-state index in [1.54, 1.807) is 6.08 Å². The van der Waals surface area contributed by atoms with Crippen LogP contribution in [0.2, 0.25) is 18.1 Å². The highest BCUT2D eigenvalue weighted by Crippen LogP contribution is 2.60. The summed E-state index contributed by atoms with van der Waals surface area (Å²) in [6, 6.07) is 17.5. The van der Waals surface area contributed by atoms with E-state index in [0.717, 1.165) is 17.5 Å². The molecule has 0 spiro atoms. The van der Waals surface area contributed by atoms with E-state index in [-0.39, 0.29) is 89.3 Å². The minimum absolute atomic E-state index is 0.0108. The molecule has 3 aliphatic carbocycles. The van der Waals surface area contributed by atoms with Crippen LogP contribution >= 0.6 is 0 Å². The Hall–Kier alpha value is -5.41. The zero-order chi connectivity index (χ0) is 46.6. The number of nitrogens with zero attached hydrogens (tertiary/aromatic N) is 3. The summed E-state index contributed by atoms with van der Waals surface area (Å²) in [7, 11) is -1.10. The standard InChI is InChI=1S/C51H61FN4O8Si/c1-10-23-56(24-11-2)36-27-34-40(52)33-25-32-26-35-42(55(7)12-3)45-39(49(54-63-45)62-29-31-21-17-14-18-22-31)47(59)51(35,64-65(8,9)50(4,5)6)46(58)37(32)43(57)38(33)44(41(34)53-48(36)60)61-28-30-19-15-13-16-20-30/h10,13-22,32,35-36,42,58H,1,11-12,23-29H2,2-9H3,(H,53,60)/t32-,35-,36?,42-,51-/m0/s1. The number of aliphatic hydroxyl groups is 1. The van der Waals surface area contributed by atoms with Crippen molar-refractivity contribution in [3.63, 3.8) is 0 Å². The molecule has 1 amide bonds. The number of ether oxygens (including phenoxy) is 2. The maximum Gasteiger partial charge on any atom is 0.265 e. The second-order valence-corrected chi connectivity index (χ2v) is 24.1. The topological polar surface area (TPSA) is 144 Å². The number of halogens is 1. The Morgan fingerprint density at radius 2 is 1.63 bits per heavy atom. The number of ketones is 2. The van der Waals surface area contributed by atoms with Crippen LogP contribution in [-0.4, -0.2) is 84.2 Å². The van der Waals surface area contributed by atoms with Crippen LogP contribution < -0.4 is 14.8 Å². The number of fused-ring (bicyclic) bond motifs is 5. The van der Waals surface area contributed by atoms with Crippen molar-refractivity contribution in [1.82, 2.24) is 15.0 Å². The van der Waals surface area contributed by atoms with Crippen molar-refractivity contribution in [2.45, 2.75) is 109 Å². The van der Waals surface area contributed by atoms with Gasteiger partial charge in [-0.15, -0.1) is 6.58 Å². The molecule has 14 heteroatoms. The first-order valence-electron chi connectivity index (χ1n) is 22.8. The van der Waals surface area contributed by atoms with Gasteiger partial charge in [0.2, 0.25) is 11.7 Å². The first-order chi connectivity index (χ1) is 31.0. The molecule has 12 nitrogen and oxygen atoms in total. The van der Waals surface area contributed by atoms with E-state index in [1.807, 2.05) is 125 Å². The van der Waals surface area contributed by atoms with Gasteiger partial charge in [0.25, 0.3) is 5.88 Å². The first kappa shape index (κ1) is 46.1. The van der Waals surface area contributed by atoms with Gasteiger partial charge in [-0.1, -0.05) is 101 Å². The Balaban J connectivity index is 1.33. The molecule has 1 aliphatic heterocycles. The van der Waals surface area contributed by atoms with Crippen LogP contribution in [0.4, 0.5) is 10.1 Å². The third kappa shape index (κ3) is 7.85. The molecule has 5 atom stereocenters. The number of Topliss-reactive ketones (excluding diaryl/α,β-unsaturated/α-hetero) is 2. The molecule has 0 saturated heterocycles. The number of rotatable bonds is 15. The van der Waals surface area contributed by atoms with Crippen LogP contribution in [0.15, 0.2) is 89.2 Å². The zero-order valence-electron chi connectivity index (χ0n) is 38.8. The van der Waals surface area contributed by atoms with Crippen molar-refractivity contribution in [3.05, 3.63) is 130 Å². The van der Waals surface area contributed by atoms with Crippen molar-refractivity contribution in [2.24, 2.45) is 11.8 Å². The third-order valence-electron chi connectivity index (χ3n) is 14.4. The number of carbonyl (C=O) groups is 3. The minimum atomic E-state index is -3.01. The number of hydrogen-bond acceptors (Lipinski definition) is 11. The molecule has 0 fully saturated rings. The summed E-state index contributed by atoms with van der Waals surface area (Å²) in [5.41, 5.74) is -0.0191. The number of nitrogens with one attached hydrogen (secondary N) is 1. The molecule has 344 valence electrons. The van der Waals surface area contributed by atoms with Crippen LogP contribution in [0.25, 0.3) is 0 Å². The van der Waals surface area contributed by atoms with Gasteiger partial charge in [0.15, 0.2) is 31.2 Å². The molecular formula is C51H61FN4O8Si. The Morgan fingerprint density at radius 1 is 0.985 bits per heavy atom. The fourth-order valence-corrected chi connectivity index (χ4v) is 11.5. The molecule has 3 aromatic carbocycles. The molecule has 8 rings (SSSR count). The number of amides is 1. The molecule has 1 unspecified atom stereocenters. The summed E-state index contributed by atoms with van der Waals surface area (Å²) in [6.45, 7) is 19.7. The van der Waals surface area contributed by atoms with Gasteiger partial charge in [0.05, 0.1) is 23.3 Å². The molecule has 2 N–H and O–H groups in total. The first-order valence-corrected chi connectivity index (χ1v) is 25.7. The van der Waals surface area contributed by atoms with E-state index in [9.17, 15) is 9.90 Å². The summed E-state index contributed by atoms with van der Waals surface area (Å²) in [4.78, 5) is 49.5. The van der Waals surface area contributed by atoms with Crippen LogP contribution in [0.5, 0.6) is 11.6 Å². The summed E-state index contributed by atoms with van der Waals surface area (Å²) < 4.78 is 43.9. The van der Waals surface area contributed by atoms with Gasteiger partial charge in [-0.25, -0.2) is 4.39 Å². The van der Waals surface area contributed by atoms with Gasteiger partial charge in [-0.3, -0.25) is 24.2 Å². The van der Waals surface area contributed by atoms with Crippen LogP contribution in [0.3, 0.4) is 0 Å². The maximum absolute atomic E-state index is 17.6. The van der Waals surface area contributed by atoms with Crippen molar-refractivity contribution >= 4 is 31.5 Å². The summed E-state index contributed by atoms with van der Waals surface area (Å²) in [5, 5.41) is 20.1. The fourth-order valence-electron chi connectivity index (χ4n) is 10.0. The SMILES string of the molecule is C=CCN(CCC)C1Cc2c(F)c3c(c(OCc4ccccc4)c2NC1=O)C(=O)C1=C(O)[C@]2(O[Si](C)(C)C(C)(C)C)C(=O)c4c(OCc5ccccc5)noc4[C@@H](N(C)CC)[C@@H]2C[C@@H]1C3. The summed E-state index contributed by atoms with van der Waals surface area (Å²) in [6.07, 6.45) is 2.74. The average Bonchev–Trinajstić information content (AvgIpc) is 3.70. The van der Waals surface area contributed by atoms with Crippen molar-refractivity contribution < 1.29 is 42.3 Å². The van der Waals surface area contributed by atoms with Gasteiger partial charge >= 0.3 is 0 Å². The largest absolute Gasteiger partial charge is 0.508 e. The third-order valence-corrected chi connectivity index (χ3v) is 18.8. The van der Waals surface area contributed by atoms with Crippen molar-refractivity contribution in [3.8, 4) is 11.6 Å². The normalized spacial score (nSPS) is 22.8. The zero-order valence-corrected chi connectivity index (χ0v) is 39.8. The second-order valence-electron chi connectivity index (χ2n) is 19.4. The molecule has 0 bridgehead atoms. The lowest BCUT2D eigenvalue weighted by atomic mass is 9.58. The van der Waals surface area contributed by atoms with Gasteiger partial charge < -0.3 is 28.8 Å². The quantitative estimate of drug-likeness (QED) is 0.0870. The van der Waals surface area contributed by atoms with E-state index in [2.05, 4.69) is 17.1 Å². The van der Waals surface area contributed by atoms with E-state index >= 15 is 14.0 Å². The number of aliphatic hydroxyl groups excluding tert-OH is 1. The maximum atomic E-state index is 17.6. The lowest BCUT2D eigenvalue weighted by molar-refractivity contribution is -0.121. The number of aromatic nitrogens is 1.